The Hall–Kier alpha value is 0.120. The molecule has 1 N–H and O–H groups in total. The molecular formula is C8H10ClOPS. The van der Waals surface area contributed by atoms with Gasteiger partial charge in [-0.15, -0.1) is 0 Å². The van der Waals surface area contributed by atoms with Gasteiger partial charge in [-0.05, 0) is 23.8 Å². The van der Waals surface area contributed by atoms with E-state index in [9.17, 15) is 4.89 Å². The smallest absolute Gasteiger partial charge is 0.178 e. The van der Waals surface area contributed by atoms with E-state index < -0.39 is 5.62 Å². The summed E-state index contributed by atoms with van der Waals surface area (Å²) in [6, 6.07) is 7.50. The Balaban J connectivity index is 3.23. The van der Waals surface area contributed by atoms with E-state index in [1.165, 1.54) is 0 Å². The summed E-state index contributed by atoms with van der Waals surface area (Å²) in [5, 5.41) is 0.726. The Kier molecular flexibility index (Phi) is 3.30. The summed E-state index contributed by atoms with van der Waals surface area (Å²) in [5.74, 6) is 0. The fraction of sp³-hybridized carbons (Fsp3) is 0.250. The minimum atomic E-state index is -2.77. The van der Waals surface area contributed by atoms with Gasteiger partial charge in [0.15, 0.2) is 5.62 Å². The second-order valence-electron chi connectivity index (χ2n) is 2.48. The van der Waals surface area contributed by atoms with E-state index in [4.69, 9.17) is 23.0 Å². The normalized spacial score (nSPS) is 15.6. The molecule has 0 heterocycles. The highest BCUT2D eigenvalue weighted by atomic mass is 35.7. The summed E-state index contributed by atoms with van der Waals surface area (Å²) in [6.07, 6.45) is 0.849. The van der Waals surface area contributed by atoms with Crippen LogP contribution < -0.4 is 5.30 Å². The van der Waals surface area contributed by atoms with Gasteiger partial charge in [-0.2, -0.15) is 0 Å². The van der Waals surface area contributed by atoms with Crippen molar-refractivity contribution in [2.45, 2.75) is 13.3 Å². The molecule has 12 heavy (non-hydrogen) atoms. The van der Waals surface area contributed by atoms with E-state index in [2.05, 4.69) is 0 Å². The second kappa shape index (κ2) is 3.89. The molecule has 0 fully saturated rings. The lowest BCUT2D eigenvalue weighted by Gasteiger charge is -2.10. The summed E-state index contributed by atoms with van der Waals surface area (Å²) in [4.78, 5) is 9.49. The van der Waals surface area contributed by atoms with Gasteiger partial charge in [0, 0.05) is 5.30 Å². The molecule has 0 saturated heterocycles. The van der Waals surface area contributed by atoms with Crippen LogP contribution in [0.4, 0.5) is 0 Å². The molecule has 0 radical (unpaired) electrons. The summed E-state index contributed by atoms with van der Waals surface area (Å²) in [5.41, 5.74) is -1.73. The monoisotopic (exact) mass is 220 g/mol. The topological polar surface area (TPSA) is 20.2 Å². The molecule has 66 valence electrons. The van der Waals surface area contributed by atoms with Gasteiger partial charge in [-0.1, -0.05) is 42.4 Å². The summed E-state index contributed by atoms with van der Waals surface area (Å²) in [7, 11) is 0. The maximum Gasteiger partial charge on any atom is 0.178 e. The van der Waals surface area contributed by atoms with Crippen LogP contribution in [-0.2, 0) is 18.2 Å². The Morgan fingerprint density at radius 3 is 2.50 bits per heavy atom. The van der Waals surface area contributed by atoms with Crippen molar-refractivity contribution in [1.82, 2.24) is 0 Å². The van der Waals surface area contributed by atoms with Crippen molar-refractivity contribution in [3.05, 3.63) is 29.8 Å². The zero-order valence-electron chi connectivity index (χ0n) is 6.70. The fourth-order valence-electron chi connectivity index (χ4n) is 1.08. The first-order valence-corrected chi connectivity index (χ1v) is 7.32. The van der Waals surface area contributed by atoms with Gasteiger partial charge < -0.3 is 4.89 Å². The van der Waals surface area contributed by atoms with Crippen LogP contribution in [0.5, 0.6) is 0 Å². The van der Waals surface area contributed by atoms with E-state index >= 15 is 0 Å². The van der Waals surface area contributed by atoms with Crippen molar-refractivity contribution in [3.63, 3.8) is 0 Å². The summed E-state index contributed by atoms with van der Waals surface area (Å²) < 4.78 is 0. The van der Waals surface area contributed by atoms with Gasteiger partial charge >= 0.3 is 0 Å². The number of rotatable bonds is 2. The van der Waals surface area contributed by atoms with E-state index in [-0.39, 0.29) is 0 Å². The SMILES string of the molecule is CCc1ccccc1P(O)(=S)Cl. The number of hydrogen-bond acceptors (Lipinski definition) is 1. The highest BCUT2D eigenvalue weighted by Gasteiger charge is 2.14. The quantitative estimate of drug-likeness (QED) is 0.773. The van der Waals surface area contributed by atoms with Gasteiger partial charge in [-0.25, -0.2) is 0 Å². The van der Waals surface area contributed by atoms with Crippen molar-refractivity contribution in [2.24, 2.45) is 0 Å². The first kappa shape index (κ1) is 10.2. The van der Waals surface area contributed by atoms with Gasteiger partial charge in [0.25, 0.3) is 0 Å². The Morgan fingerprint density at radius 1 is 1.50 bits per heavy atom. The summed E-state index contributed by atoms with van der Waals surface area (Å²) >= 11 is 10.6. The molecule has 4 heteroatoms. The zero-order valence-corrected chi connectivity index (χ0v) is 9.16. The van der Waals surface area contributed by atoms with Crippen molar-refractivity contribution < 1.29 is 4.89 Å². The average Bonchev–Trinajstić information content (AvgIpc) is 2.03. The van der Waals surface area contributed by atoms with Crippen molar-refractivity contribution in [2.75, 3.05) is 0 Å². The fourth-order valence-corrected chi connectivity index (χ4v) is 2.96. The van der Waals surface area contributed by atoms with Crippen LogP contribution in [0.2, 0.25) is 0 Å². The van der Waals surface area contributed by atoms with Crippen molar-refractivity contribution in [1.29, 1.82) is 0 Å². The lowest BCUT2D eigenvalue weighted by atomic mass is 10.2. The molecule has 1 aromatic carbocycles. The molecule has 0 aliphatic heterocycles. The second-order valence-corrected chi connectivity index (χ2v) is 7.62. The third-order valence-electron chi connectivity index (χ3n) is 1.67. The highest BCUT2D eigenvalue weighted by Crippen LogP contribution is 2.46. The lowest BCUT2D eigenvalue weighted by Crippen LogP contribution is -2.06. The van der Waals surface area contributed by atoms with Crippen LogP contribution in [0.25, 0.3) is 0 Å². The van der Waals surface area contributed by atoms with Crippen molar-refractivity contribution >= 4 is 34.0 Å². The van der Waals surface area contributed by atoms with Gasteiger partial charge in [0.05, 0.1) is 0 Å². The predicted octanol–water partition coefficient (Wildman–Crippen LogP) is 2.41. The van der Waals surface area contributed by atoms with Crippen LogP contribution in [0.15, 0.2) is 24.3 Å². The summed E-state index contributed by atoms with van der Waals surface area (Å²) in [6.45, 7) is 2.01. The molecule has 0 bridgehead atoms. The Bertz CT molecular complexity index is 321. The molecule has 0 aliphatic carbocycles. The van der Waals surface area contributed by atoms with Crippen LogP contribution in [0, 0.1) is 0 Å². The first-order valence-electron chi connectivity index (χ1n) is 3.66. The Labute approximate surface area is 82.3 Å². The standard InChI is InChI=1S/C8H10ClOPS/c1-2-7-5-3-4-6-8(7)11(9,10)12/h3-6H,2H2,1H3,(H,10,12). The molecule has 0 saturated carbocycles. The lowest BCUT2D eigenvalue weighted by molar-refractivity contribution is 0.647. The minimum absolute atomic E-state index is 0.726. The number of aryl methyl sites for hydroxylation is 1. The van der Waals surface area contributed by atoms with Crippen LogP contribution in [-0.4, -0.2) is 4.89 Å². The van der Waals surface area contributed by atoms with Gasteiger partial charge in [0.1, 0.15) is 0 Å². The predicted molar refractivity (Wildman–Crippen MR) is 57.8 cm³/mol. The maximum absolute atomic E-state index is 9.49. The van der Waals surface area contributed by atoms with Crippen LogP contribution >= 0.6 is 16.9 Å². The molecule has 1 rings (SSSR count). The number of hydrogen-bond donors (Lipinski definition) is 1. The molecular weight excluding hydrogens is 211 g/mol. The molecule has 0 amide bonds. The van der Waals surface area contributed by atoms with E-state index in [0.717, 1.165) is 17.3 Å². The zero-order chi connectivity index (χ0) is 9.19. The third kappa shape index (κ3) is 2.30. The van der Waals surface area contributed by atoms with Crippen LogP contribution in [0.1, 0.15) is 12.5 Å². The van der Waals surface area contributed by atoms with Crippen LogP contribution in [0.3, 0.4) is 0 Å². The molecule has 1 unspecified atom stereocenters. The highest BCUT2D eigenvalue weighted by molar-refractivity contribution is 8.27. The van der Waals surface area contributed by atoms with E-state index in [1.807, 2.05) is 25.1 Å². The molecule has 0 aromatic heterocycles. The maximum atomic E-state index is 9.49. The molecule has 0 spiro atoms. The largest absolute Gasteiger partial charge is 0.350 e. The Morgan fingerprint density at radius 2 is 2.08 bits per heavy atom. The van der Waals surface area contributed by atoms with Gasteiger partial charge in [-0.3, -0.25) is 0 Å². The number of halogens is 1. The van der Waals surface area contributed by atoms with E-state index in [1.54, 1.807) is 6.07 Å². The minimum Gasteiger partial charge on any atom is -0.350 e. The van der Waals surface area contributed by atoms with Crippen molar-refractivity contribution in [3.8, 4) is 0 Å². The number of benzene rings is 1. The molecule has 1 atom stereocenters. The molecule has 0 aliphatic rings. The molecule has 1 aromatic rings. The average molecular weight is 221 g/mol. The third-order valence-corrected chi connectivity index (χ3v) is 3.84. The first-order chi connectivity index (χ1) is 5.55. The van der Waals surface area contributed by atoms with E-state index in [0.29, 0.717) is 0 Å². The van der Waals surface area contributed by atoms with Gasteiger partial charge in [0.2, 0.25) is 0 Å². The molecule has 1 nitrogen and oxygen atoms in total.